The molecule has 0 aromatic carbocycles. The Morgan fingerprint density at radius 1 is 1.40 bits per heavy atom. The summed E-state index contributed by atoms with van der Waals surface area (Å²) in [5.74, 6) is -1.52. The minimum atomic E-state index is -0.841. The Morgan fingerprint density at radius 3 is 2.47 bits per heavy atom. The molecule has 0 radical (unpaired) electrons. The van der Waals surface area contributed by atoms with Crippen LogP contribution < -0.4 is 5.32 Å². The second-order valence-corrected chi connectivity index (χ2v) is 3.68. The zero-order valence-corrected chi connectivity index (χ0v) is 9.87. The molecule has 88 valence electrons. The molecule has 0 fully saturated rings. The highest BCUT2D eigenvalue weighted by molar-refractivity contribution is 6.32. The number of rotatable bonds is 5. The molecule has 0 saturated carbocycles. The van der Waals surface area contributed by atoms with Crippen LogP contribution in [0.25, 0.3) is 0 Å². The second-order valence-electron chi connectivity index (χ2n) is 3.68. The smallest absolute Gasteiger partial charge is 0.396 e. The van der Waals surface area contributed by atoms with E-state index in [1.165, 1.54) is 7.11 Å². The predicted octanol–water partition coefficient (Wildman–Crippen LogP) is 0.00590. The lowest BCUT2D eigenvalue weighted by Crippen LogP contribution is -2.35. The van der Waals surface area contributed by atoms with Crippen LogP contribution >= 0.6 is 0 Å². The molecule has 0 heterocycles. The number of ether oxygens (including phenoxy) is 1. The third kappa shape index (κ3) is 6.06. The fourth-order valence-electron chi connectivity index (χ4n) is 0.953. The predicted molar refractivity (Wildman–Crippen MR) is 57.4 cm³/mol. The Kier molecular flexibility index (Phi) is 6.70. The number of methoxy groups -OCH3 is 1. The van der Waals surface area contributed by atoms with Crippen LogP contribution in [-0.4, -0.2) is 50.1 Å². The van der Waals surface area contributed by atoms with E-state index in [2.05, 4.69) is 28.8 Å². The van der Waals surface area contributed by atoms with Crippen LogP contribution in [0.3, 0.4) is 0 Å². The van der Waals surface area contributed by atoms with Crippen LogP contribution in [0.1, 0.15) is 20.3 Å². The Bertz CT molecular complexity index is 217. The molecule has 0 saturated heterocycles. The fourth-order valence-corrected chi connectivity index (χ4v) is 0.953. The van der Waals surface area contributed by atoms with Gasteiger partial charge in [-0.1, -0.05) is 0 Å². The van der Waals surface area contributed by atoms with Crippen LogP contribution in [0.4, 0.5) is 0 Å². The Balaban J connectivity index is 3.55. The SMILES string of the molecule is COC(=O)C(=O)NCCCN(C)C(C)C. The van der Waals surface area contributed by atoms with E-state index in [1.54, 1.807) is 0 Å². The summed E-state index contributed by atoms with van der Waals surface area (Å²) in [4.78, 5) is 23.8. The van der Waals surface area contributed by atoms with Gasteiger partial charge in [0.1, 0.15) is 0 Å². The minimum Gasteiger partial charge on any atom is -0.462 e. The Morgan fingerprint density at radius 2 is 2.00 bits per heavy atom. The van der Waals surface area contributed by atoms with Crippen molar-refractivity contribution in [3.63, 3.8) is 0 Å². The molecule has 0 unspecified atom stereocenters. The molecule has 15 heavy (non-hydrogen) atoms. The van der Waals surface area contributed by atoms with Gasteiger partial charge in [-0.15, -0.1) is 0 Å². The molecular weight excluding hydrogens is 196 g/mol. The molecule has 0 spiro atoms. The highest BCUT2D eigenvalue weighted by Gasteiger charge is 2.12. The molecule has 0 aliphatic heterocycles. The number of esters is 1. The molecule has 0 bridgehead atoms. The van der Waals surface area contributed by atoms with Gasteiger partial charge in [0.25, 0.3) is 0 Å². The van der Waals surface area contributed by atoms with Crippen LogP contribution in [0.5, 0.6) is 0 Å². The Hall–Kier alpha value is -1.10. The number of nitrogens with zero attached hydrogens (tertiary/aromatic N) is 1. The van der Waals surface area contributed by atoms with Crippen molar-refractivity contribution in [1.29, 1.82) is 0 Å². The van der Waals surface area contributed by atoms with Crippen molar-refractivity contribution < 1.29 is 14.3 Å². The summed E-state index contributed by atoms with van der Waals surface area (Å²) in [6.45, 7) is 5.59. The molecule has 0 rings (SSSR count). The number of carbonyl (C=O) groups is 2. The maximum absolute atomic E-state index is 11.0. The molecule has 1 amide bonds. The number of hydrogen-bond donors (Lipinski definition) is 1. The van der Waals surface area contributed by atoms with Gasteiger partial charge in [0.2, 0.25) is 0 Å². The van der Waals surface area contributed by atoms with Crippen LogP contribution in [0.2, 0.25) is 0 Å². The van der Waals surface area contributed by atoms with Gasteiger partial charge in [-0.25, -0.2) is 4.79 Å². The monoisotopic (exact) mass is 216 g/mol. The standard InChI is InChI=1S/C10H20N2O3/c1-8(2)12(3)7-5-6-11-9(13)10(14)15-4/h8H,5-7H2,1-4H3,(H,11,13). The zero-order valence-electron chi connectivity index (χ0n) is 9.87. The van der Waals surface area contributed by atoms with E-state index >= 15 is 0 Å². The fraction of sp³-hybridized carbons (Fsp3) is 0.800. The van der Waals surface area contributed by atoms with Crippen LogP contribution in [-0.2, 0) is 14.3 Å². The van der Waals surface area contributed by atoms with Crippen LogP contribution in [0, 0.1) is 0 Å². The summed E-state index contributed by atoms with van der Waals surface area (Å²) in [5.41, 5.74) is 0. The van der Waals surface area contributed by atoms with Crippen molar-refractivity contribution in [2.75, 3.05) is 27.2 Å². The summed E-state index contributed by atoms with van der Waals surface area (Å²) in [5, 5.41) is 2.49. The zero-order chi connectivity index (χ0) is 11.8. The van der Waals surface area contributed by atoms with Gasteiger partial charge in [0.15, 0.2) is 0 Å². The maximum atomic E-state index is 11.0. The van der Waals surface area contributed by atoms with Crippen LogP contribution in [0.15, 0.2) is 0 Å². The first-order valence-corrected chi connectivity index (χ1v) is 5.05. The van der Waals surface area contributed by atoms with E-state index in [0.29, 0.717) is 12.6 Å². The molecule has 1 N–H and O–H groups in total. The molecule has 0 aliphatic carbocycles. The largest absolute Gasteiger partial charge is 0.462 e. The first-order chi connectivity index (χ1) is 6.99. The minimum absolute atomic E-state index is 0.487. The van der Waals surface area contributed by atoms with E-state index < -0.39 is 11.9 Å². The first-order valence-electron chi connectivity index (χ1n) is 5.05. The first kappa shape index (κ1) is 13.9. The lowest BCUT2D eigenvalue weighted by molar-refractivity contribution is -0.152. The lowest BCUT2D eigenvalue weighted by atomic mass is 10.3. The summed E-state index contributed by atoms with van der Waals surface area (Å²) >= 11 is 0. The van der Waals surface area contributed by atoms with E-state index in [4.69, 9.17) is 0 Å². The average Bonchev–Trinajstić information content (AvgIpc) is 2.22. The summed E-state index contributed by atoms with van der Waals surface area (Å²) < 4.78 is 4.27. The number of carbonyl (C=O) groups excluding carboxylic acids is 2. The van der Waals surface area contributed by atoms with Crippen molar-refractivity contribution in [2.45, 2.75) is 26.3 Å². The molecule has 0 aliphatic rings. The summed E-state index contributed by atoms with van der Waals surface area (Å²) in [6, 6.07) is 0.487. The maximum Gasteiger partial charge on any atom is 0.396 e. The van der Waals surface area contributed by atoms with Crippen molar-refractivity contribution in [1.82, 2.24) is 10.2 Å². The van der Waals surface area contributed by atoms with Gasteiger partial charge in [0.05, 0.1) is 7.11 Å². The van der Waals surface area contributed by atoms with Gasteiger partial charge in [-0.3, -0.25) is 4.79 Å². The Labute approximate surface area is 90.8 Å². The highest BCUT2D eigenvalue weighted by atomic mass is 16.5. The third-order valence-corrected chi connectivity index (χ3v) is 2.23. The molecule has 5 heteroatoms. The number of hydrogen-bond acceptors (Lipinski definition) is 4. The number of nitrogens with one attached hydrogen (secondary N) is 1. The van der Waals surface area contributed by atoms with E-state index in [9.17, 15) is 9.59 Å². The van der Waals surface area contributed by atoms with Gasteiger partial charge >= 0.3 is 11.9 Å². The molecule has 0 aromatic heterocycles. The normalized spacial score (nSPS) is 10.5. The second kappa shape index (κ2) is 7.23. The van der Waals surface area contributed by atoms with Gasteiger partial charge < -0.3 is 15.0 Å². The molecule has 5 nitrogen and oxygen atoms in total. The van der Waals surface area contributed by atoms with Crippen molar-refractivity contribution >= 4 is 11.9 Å². The quantitative estimate of drug-likeness (QED) is 0.399. The summed E-state index contributed by atoms with van der Waals surface area (Å²) in [7, 11) is 3.21. The highest BCUT2D eigenvalue weighted by Crippen LogP contribution is 1.94. The molecule has 0 atom stereocenters. The topological polar surface area (TPSA) is 58.6 Å². The summed E-state index contributed by atoms with van der Waals surface area (Å²) in [6.07, 6.45) is 0.817. The van der Waals surface area contributed by atoms with E-state index in [1.807, 2.05) is 7.05 Å². The van der Waals surface area contributed by atoms with Gasteiger partial charge in [-0.05, 0) is 33.9 Å². The lowest BCUT2D eigenvalue weighted by Gasteiger charge is -2.20. The van der Waals surface area contributed by atoms with Gasteiger partial charge in [0, 0.05) is 12.6 Å². The third-order valence-electron chi connectivity index (χ3n) is 2.23. The van der Waals surface area contributed by atoms with Crippen molar-refractivity contribution in [2.24, 2.45) is 0 Å². The molecular formula is C10H20N2O3. The van der Waals surface area contributed by atoms with Gasteiger partial charge in [-0.2, -0.15) is 0 Å². The number of amides is 1. The van der Waals surface area contributed by atoms with Crippen molar-refractivity contribution in [3.05, 3.63) is 0 Å². The average molecular weight is 216 g/mol. The van der Waals surface area contributed by atoms with Crippen molar-refractivity contribution in [3.8, 4) is 0 Å². The molecule has 0 aromatic rings. The van der Waals surface area contributed by atoms with E-state index in [-0.39, 0.29) is 0 Å². The van der Waals surface area contributed by atoms with E-state index in [0.717, 1.165) is 13.0 Å².